The van der Waals surface area contributed by atoms with E-state index in [-0.39, 0.29) is 17.2 Å². The number of hydrogen-bond donors (Lipinski definition) is 1. The van der Waals surface area contributed by atoms with E-state index in [0.717, 1.165) is 5.56 Å². The van der Waals surface area contributed by atoms with Crippen molar-refractivity contribution >= 4 is 11.8 Å². The number of carbonyl (C=O) groups is 2. The summed E-state index contributed by atoms with van der Waals surface area (Å²) < 4.78 is 0. The average molecular weight is 274 g/mol. The van der Waals surface area contributed by atoms with E-state index in [4.69, 9.17) is 0 Å². The highest BCUT2D eigenvalue weighted by molar-refractivity contribution is 5.98. The predicted molar refractivity (Wildman–Crippen MR) is 78.0 cm³/mol. The summed E-state index contributed by atoms with van der Waals surface area (Å²) in [7, 11) is 0. The van der Waals surface area contributed by atoms with E-state index in [1.165, 1.54) is 0 Å². The SMILES string of the molecule is CCN1C(=O)C(c2ccccc2)NC(=O)C1C(C)(C)C. The fourth-order valence-corrected chi connectivity index (χ4v) is 2.79. The maximum atomic E-state index is 12.7. The molecule has 20 heavy (non-hydrogen) atoms. The second-order valence-electron chi connectivity index (χ2n) is 6.25. The first-order valence-electron chi connectivity index (χ1n) is 7.02. The molecular weight excluding hydrogens is 252 g/mol. The van der Waals surface area contributed by atoms with Crippen molar-refractivity contribution in [3.05, 3.63) is 35.9 Å². The second-order valence-corrected chi connectivity index (χ2v) is 6.25. The van der Waals surface area contributed by atoms with Crippen LogP contribution >= 0.6 is 0 Å². The van der Waals surface area contributed by atoms with Crippen LogP contribution in [0.5, 0.6) is 0 Å². The Kier molecular flexibility index (Phi) is 3.84. The predicted octanol–water partition coefficient (Wildman–Crippen LogP) is 2.12. The maximum Gasteiger partial charge on any atom is 0.250 e. The molecule has 108 valence electrons. The summed E-state index contributed by atoms with van der Waals surface area (Å²) in [6.45, 7) is 8.40. The lowest BCUT2D eigenvalue weighted by molar-refractivity contribution is -0.153. The van der Waals surface area contributed by atoms with Gasteiger partial charge in [0.25, 0.3) is 0 Å². The molecule has 0 spiro atoms. The van der Waals surface area contributed by atoms with Crippen LogP contribution in [0.15, 0.2) is 30.3 Å². The molecule has 0 aromatic heterocycles. The van der Waals surface area contributed by atoms with Gasteiger partial charge >= 0.3 is 0 Å². The minimum atomic E-state index is -0.567. The van der Waals surface area contributed by atoms with Crippen molar-refractivity contribution in [1.29, 1.82) is 0 Å². The van der Waals surface area contributed by atoms with Crippen molar-refractivity contribution in [3.8, 4) is 0 Å². The van der Waals surface area contributed by atoms with Crippen LogP contribution in [0.3, 0.4) is 0 Å². The van der Waals surface area contributed by atoms with Gasteiger partial charge in [-0.2, -0.15) is 0 Å². The third-order valence-corrected chi connectivity index (χ3v) is 3.67. The summed E-state index contributed by atoms with van der Waals surface area (Å²) in [4.78, 5) is 26.8. The van der Waals surface area contributed by atoms with Crippen LogP contribution in [0.1, 0.15) is 39.3 Å². The van der Waals surface area contributed by atoms with Gasteiger partial charge in [0.1, 0.15) is 12.1 Å². The number of nitrogens with one attached hydrogen (secondary N) is 1. The molecule has 4 heteroatoms. The van der Waals surface area contributed by atoms with Crippen LogP contribution in [-0.4, -0.2) is 29.3 Å². The lowest BCUT2D eigenvalue weighted by atomic mass is 9.82. The van der Waals surface area contributed by atoms with E-state index in [0.29, 0.717) is 6.54 Å². The minimum Gasteiger partial charge on any atom is -0.339 e. The molecule has 1 fully saturated rings. The number of amides is 2. The van der Waals surface area contributed by atoms with E-state index in [9.17, 15) is 9.59 Å². The van der Waals surface area contributed by atoms with Gasteiger partial charge in [-0.15, -0.1) is 0 Å². The Morgan fingerprint density at radius 2 is 1.75 bits per heavy atom. The molecule has 0 aliphatic carbocycles. The summed E-state index contributed by atoms with van der Waals surface area (Å²) in [5, 5.41) is 2.87. The van der Waals surface area contributed by atoms with E-state index >= 15 is 0 Å². The number of nitrogens with zero attached hydrogens (tertiary/aromatic N) is 1. The largest absolute Gasteiger partial charge is 0.339 e. The lowest BCUT2D eigenvalue weighted by Gasteiger charge is -2.44. The van der Waals surface area contributed by atoms with E-state index in [1.807, 2.05) is 58.0 Å². The van der Waals surface area contributed by atoms with E-state index in [2.05, 4.69) is 5.32 Å². The van der Waals surface area contributed by atoms with Crippen LogP contribution < -0.4 is 5.32 Å². The van der Waals surface area contributed by atoms with Crippen LogP contribution in [0.25, 0.3) is 0 Å². The minimum absolute atomic E-state index is 0.0294. The van der Waals surface area contributed by atoms with Crippen molar-refractivity contribution in [1.82, 2.24) is 10.2 Å². The third-order valence-electron chi connectivity index (χ3n) is 3.67. The van der Waals surface area contributed by atoms with Gasteiger partial charge in [0.05, 0.1) is 0 Å². The Labute approximate surface area is 120 Å². The number of benzene rings is 1. The van der Waals surface area contributed by atoms with E-state index in [1.54, 1.807) is 4.90 Å². The summed E-state index contributed by atoms with van der Waals surface area (Å²) in [6, 6.07) is 8.40. The molecule has 2 amide bonds. The van der Waals surface area contributed by atoms with Crippen molar-refractivity contribution in [2.24, 2.45) is 5.41 Å². The molecule has 2 atom stereocenters. The highest BCUT2D eigenvalue weighted by Crippen LogP contribution is 2.31. The van der Waals surface area contributed by atoms with Crippen LogP contribution in [-0.2, 0) is 9.59 Å². The summed E-state index contributed by atoms with van der Waals surface area (Å²) in [6.07, 6.45) is 0. The zero-order valence-corrected chi connectivity index (χ0v) is 12.5. The summed E-state index contributed by atoms with van der Waals surface area (Å²) >= 11 is 0. The maximum absolute atomic E-state index is 12.7. The fourth-order valence-electron chi connectivity index (χ4n) is 2.79. The fraction of sp³-hybridized carbons (Fsp3) is 0.500. The van der Waals surface area contributed by atoms with Gasteiger partial charge in [-0.1, -0.05) is 51.1 Å². The summed E-state index contributed by atoms with van der Waals surface area (Å²) in [5.41, 5.74) is 0.550. The first kappa shape index (κ1) is 14.6. The zero-order chi connectivity index (χ0) is 14.9. The van der Waals surface area contributed by atoms with Gasteiger partial charge in [-0.25, -0.2) is 0 Å². The molecule has 0 saturated carbocycles. The Balaban J connectivity index is 2.35. The first-order chi connectivity index (χ1) is 9.36. The van der Waals surface area contributed by atoms with Gasteiger partial charge in [-0.05, 0) is 17.9 Å². The van der Waals surface area contributed by atoms with Gasteiger partial charge in [0.15, 0.2) is 0 Å². The Morgan fingerprint density at radius 3 is 2.25 bits per heavy atom. The van der Waals surface area contributed by atoms with Crippen molar-refractivity contribution in [2.75, 3.05) is 6.54 Å². The summed E-state index contributed by atoms with van der Waals surface area (Å²) in [5.74, 6) is -0.106. The Hall–Kier alpha value is -1.84. The molecule has 1 N–H and O–H groups in total. The normalized spacial score (nSPS) is 23.7. The highest BCUT2D eigenvalue weighted by atomic mass is 16.2. The second kappa shape index (κ2) is 5.27. The monoisotopic (exact) mass is 274 g/mol. The molecule has 4 nitrogen and oxygen atoms in total. The molecule has 2 unspecified atom stereocenters. The number of rotatable bonds is 2. The Morgan fingerprint density at radius 1 is 1.15 bits per heavy atom. The van der Waals surface area contributed by atoms with Crippen molar-refractivity contribution in [2.45, 2.75) is 39.8 Å². The van der Waals surface area contributed by atoms with Gasteiger partial charge in [-0.3, -0.25) is 9.59 Å². The van der Waals surface area contributed by atoms with E-state index < -0.39 is 12.1 Å². The smallest absolute Gasteiger partial charge is 0.250 e. The number of hydrogen-bond acceptors (Lipinski definition) is 2. The molecule has 1 aromatic rings. The van der Waals surface area contributed by atoms with Crippen molar-refractivity contribution in [3.63, 3.8) is 0 Å². The van der Waals surface area contributed by atoms with Crippen LogP contribution in [0, 0.1) is 5.41 Å². The van der Waals surface area contributed by atoms with Gasteiger partial charge < -0.3 is 10.2 Å². The van der Waals surface area contributed by atoms with Crippen molar-refractivity contribution < 1.29 is 9.59 Å². The number of piperazine rings is 1. The molecule has 0 radical (unpaired) electrons. The highest BCUT2D eigenvalue weighted by Gasteiger charge is 2.45. The van der Waals surface area contributed by atoms with Gasteiger partial charge in [0, 0.05) is 6.54 Å². The zero-order valence-electron chi connectivity index (χ0n) is 12.5. The molecule has 1 aliphatic heterocycles. The standard InChI is InChI=1S/C16H22N2O2/c1-5-18-13(16(2,3)4)14(19)17-12(15(18)20)11-9-7-6-8-10-11/h6-10,12-13H,5H2,1-4H3,(H,17,19). The quantitative estimate of drug-likeness (QED) is 0.898. The van der Waals surface area contributed by atoms with Crippen LogP contribution in [0.4, 0.5) is 0 Å². The molecular formula is C16H22N2O2. The van der Waals surface area contributed by atoms with Gasteiger partial charge in [0.2, 0.25) is 11.8 Å². The third kappa shape index (κ3) is 2.55. The molecule has 0 bridgehead atoms. The number of likely N-dealkylation sites (N-methyl/N-ethyl adjacent to an activating group) is 1. The number of carbonyl (C=O) groups excluding carboxylic acids is 2. The molecule has 1 aromatic carbocycles. The molecule has 1 aliphatic rings. The first-order valence-corrected chi connectivity index (χ1v) is 7.02. The molecule has 1 heterocycles. The lowest BCUT2D eigenvalue weighted by Crippen LogP contribution is -2.63. The van der Waals surface area contributed by atoms with Crippen LogP contribution in [0.2, 0.25) is 0 Å². The molecule has 1 saturated heterocycles. The average Bonchev–Trinajstić information content (AvgIpc) is 2.40. The molecule has 2 rings (SSSR count). The topological polar surface area (TPSA) is 49.4 Å². The Bertz CT molecular complexity index is 505.